The summed E-state index contributed by atoms with van der Waals surface area (Å²) in [5.41, 5.74) is 7.13. The van der Waals surface area contributed by atoms with Crippen LogP contribution in [0.1, 0.15) is 26.7 Å². The van der Waals surface area contributed by atoms with E-state index in [1.54, 1.807) is 0 Å². The molecule has 0 aliphatic carbocycles. The lowest BCUT2D eigenvalue weighted by Gasteiger charge is -2.39. The smallest absolute Gasteiger partial charge is 0.236 e. The Bertz CT molecular complexity index is 471. The van der Waals surface area contributed by atoms with Gasteiger partial charge in [0.25, 0.3) is 0 Å². The van der Waals surface area contributed by atoms with Gasteiger partial charge in [-0.05, 0) is 25.5 Å². The van der Waals surface area contributed by atoms with Crippen molar-refractivity contribution in [3.8, 4) is 0 Å². The molecule has 23 heavy (non-hydrogen) atoms. The first-order valence-electron chi connectivity index (χ1n) is 8.69. The Morgan fingerprint density at radius 3 is 2.48 bits per heavy atom. The highest BCUT2D eigenvalue weighted by Crippen LogP contribution is 2.16. The molecule has 1 aromatic carbocycles. The number of hydrogen-bond acceptors (Lipinski definition) is 4. The van der Waals surface area contributed by atoms with E-state index in [4.69, 9.17) is 5.73 Å². The van der Waals surface area contributed by atoms with Crippen molar-refractivity contribution >= 4 is 11.6 Å². The van der Waals surface area contributed by atoms with Gasteiger partial charge in [0.05, 0.1) is 6.04 Å². The molecule has 2 rings (SSSR count). The van der Waals surface area contributed by atoms with Crippen LogP contribution in [0.3, 0.4) is 0 Å². The topological polar surface area (TPSA) is 61.6 Å². The molecule has 5 heteroatoms. The Morgan fingerprint density at radius 2 is 1.87 bits per heavy atom. The number of piperazine rings is 1. The Hall–Kier alpha value is -1.59. The van der Waals surface area contributed by atoms with E-state index in [-0.39, 0.29) is 11.9 Å². The van der Waals surface area contributed by atoms with Gasteiger partial charge in [0, 0.05) is 44.5 Å². The van der Waals surface area contributed by atoms with Crippen molar-refractivity contribution in [3.63, 3.8) is 0 Å². The van der Waals surface area contributed by atoms with Gasteiger partial charge in [-0.1, -0.05) is 31.5 Å². The van der Waals surface area contributed by atoms with Gasteiger partial charge in [-0.25, -0.2) is 0 Å². The second-order valence-corrected chi connectivity index (χ2v) is 6.35. The molecule has 0 spiro atoms. The van der Waals surface area contributed by atoms with Crippen molar-refractivity contribution in [3.05, 3.63) is 30.3 Å². The zero-order valence-electron chi connectivity index (χ0n) is 14.4. The molecule has 1 heterocycles. The van der Waals surface area contributed by atoms with Crippen LogP contribution in [0.5, 0.6) is 0 Å². The highest BCUT2D eigenvalue weighted by molar-refractivity contribution is 5.81. The highest BCUT2D eigenvalue weighted by Gasteiger charge is 2.22. The number of benzene rings is 1. The number of nitrogens with two attached hydrogens (primary N) is 1. The number of nitrogens with zero attached hydrogens (tertiary/aromatic N) is 2. The van der Waals surface area contributed by atoms with Crippen LogP contribution in [0.15, 0.2) is 30.3 Å². The van der Waals surface area contributed by atoms with Crippen LogP contribution in [0.4, 0.5) is 5.69 Å². The zero-order chi connectivity index (χ0) is 16.7. The number of amides is 1. The van der Waals surface area contributed by atoms with Gasteiger partial charge < -0.3 is 16.0 Å². The van der Waals surface area contributed by atoms with Crippen LogP contribution in [0.25, 0.3) is 0 Å². The molecule has 0 bridgehead atoms. The predicted molar refractivity (Wildman–Crippen MR) is 95.6 cm³/mol. The second kappa shape index (κ2) is 8.89. The summed E-state index contributed by atoms with van der Waals surface area (Å²) in [5.74, 6) is -0.0263. The van der Waals surface area contributed by atoms with E-state index in [1.165, 1.54) is 5.69 Å². The molecule has 2 atom stereocenters. The maximum Gasteiger partial charge on any atom is 0.236 e. The summed E-state index contributed by atoms with van der Waals surface area (Å²) in [6, 6.07) is 10.5. The van der Waals surface area contributed by atoms with E-state index >= 15 is 0 Å². The Labute approximate surface area is 139 Å². The van der Waals surface area contributed by atoms with Crippen molar-refractivity contribution in [2.45, 2.75) is 38.8 Å². The number of rotatable bonds is 7. The first kappa shape index (κ1) is 17.8. The van der Waals surface area contributed by atoms with Crippen LogP contribution in [0.2, 0.25) is 0 Å². The van der Waals surface area contributed by atoms with Gasteiger partial charge in [-0.3, -0.25) is 9.69 Å². The van der Waals surface area contributed by atoms with Gasteiger partial charge in [-0.15, -0.1) is 0 Å². The van der Waals surface area contributed by atoms with E-state index in [2.05, 4.69) is 46.3 Å². The quantitative estimate of drug-likeness (QED) is 0.799. The van der Waals surface area contributed by atoms with Crippen molar-refractivity contribution in [1.82, 2.24) is 10.2 Å². The summed E-state index contributed by atoms with van der Waals surface area (Å²) in [4.78, 5) is 16.7. The van der Waals surface area contributed by atoms with Crippen LogP contribution < -0.4 is 16.0 Å². The van der Waals surface area contributed by atoms with Crippen molar-refractivity contribution in [2.24, 2.45) is 5.73 Å². The summed E-state index contributed by atoms with van der Waals surface area (Å²) < 4.78 is 0. The lowest BCUT2D eigenvalue weighted by Crippen LogP contribution is -2.53. The van der Waals surface area contributed by atoms with Crippen molar-refractivity contribution in [1.29, 1.82) is 0 Å². The van der Waals surface area contributed by atoms with E-state index in [1.807, 2.05) is 13.0 Å². The molecule has 2 unspecified atom stereocenters. The maximum atomic E-state index is 11.9. The van der Waals surface area contributed by atoms with Gasteiger partial charge in [0.2, 0.25) is 5.91 Å². The number of carbonyl (C=O) groups is 1. The molecule has 1 saturated heterocycles. The first-order chi connectivity index (χ1) is 11.1. The van der Waals surface area contributed by atoms with Crippen molar-refractivity contribution < 1.29 is 4.79 Å². The Kier molecular flexibility index (Phi) is 6.86. The highest BCUT2D eigenvalue weighted by atomic mass is 16.2. The number of para-hydroxylation sites is 1. The lowest BCUT2D eigenvalue weighted by molar-refractivity contribution is -0.122. The summed E-state index contributed by atoms with van der Waals surface area (Å²) in [6.07, 6.45) is 1.68. The number of nitrogens with one attached hydrogen (secondary N) is 1. The minimum atomic E-state index is -0.373. The minimum absolute atomic E-state index is 0.0263. The molecule has 3 N–H and O–H groups in total. The van der Waals surface area contributed by atoms with Crippen LogP contribution in [-0.4, -0.2) is 55.6 Å². The summed E-state index contributed by atoms with van der Waals surface area (Å²) in [6.45, 7) is 8.97. The normalized spacial score (nSPS) is 18.5. The van der Waals surface area contributed by atoms with Gasteiger partial charge in [0.1, 0.15) is 0 Å². The molecule has 0 radical (unpaired) electrons. The lowest BCUT2D eigenvalue weighted by atomic mass is 10.1. The Morgan fingerprint density at radius 1 is 1.22 bits per heavy atom. The fourth-order valence-corrected chi connectivity index (χ4v) is 3.01. The molecule has 1 aliphatic rings. The largest absolute Gasteiger partial charge is 0.369 e. The molecule has 0 aromatic heterocycles. The third-order valence-corrected chi connectivity index (χ3v) is 4.57. The number of carbonyl (C=O) groups excluding carboxylic acids is 1. The summed E-state index contributed by atoms with van der Waals surface area (Å²) in [7, 11) is 0. The van der Waals surface area contributed by atoms with E-state index < -0.39 is 0 Å². The van der Waals surface area contributed by atoms with E-state index in [9.17, 15) is 4.79 Å². The summed E-state index contributed by atoms with van der Waals surface area (Å²) in [5, 5.41) is 2.99. The molecule has 0 saturated carbocycles. The standard InChI is InChI=1S/C18H30N4O/c1-3-7-17(19)18(23)20-14-15(2)21-10-12-22(13-11-21)16-8-5-4-6-9-16/h4-6,8-9,15,17H,3,7,10-14,19H2,1-2H3,(H,20,23). The summed E-state index contributed by atoms with van der Waals surface area (Å²) >= 11 is 0. The third kappa shape index (κ3) is 5.22. The van der Waals surface area contributed by atoms with Gasteiger partial charge >= 0.3 is 0 Å². The average molecular weight is 318 g/mol. The van der Waals surface area contributed by atoms with E-state index in [0.717, 1.165) is 39.0 Å². The molecule has 5 nitrogen and oxygen atoms in total. The number of anilines is 1. The second-order valence-electron chi connectivity index (χ2n) is 6.35. The van der Waals surface area contributed by atoms with Crippen LogP contribution in [-0.2, 0) is 4.79 Å². The third-order valence-electron chi connectivity index (χ3n) is 4.57. The first-order valence-corrected chi connectivity index (χ1v) is 8.69. The fourth-order valence-electron chi connectivity index (χ4n) is 3.01. The van der Waals surface area contributed by atoms with Gasteiger partial charge in [-0.2, -0.15) is 0 Å². The SMILES string of the molecule is CCCC(N)C(=O)NCC(C)N1CCN(c2ccccc2)CC1. The molecule has 128 valence electrons. The van der Waals surface area contributed by atoms with Crippen LogP contribution in [0, 0.1) is 0 Å². The molecular formula is C18H30N4O. The molecule has 1 fully saturated rings. The maximum absolute atomic E-state index is 11.9. The zero-order valence-corrected chi connectivity index (χ0v) is 14.4. The molecule has 1 aliphatic heterocycles. The minimum Gasteiger partial charge on any atom is -0.369 e. The average Bonchev–Trinajstić information content (AvgIpc) is 2.60. The van der Waals surface area contributed by atoms with Gasteiger partial charge in [0.15, 0.2) is 0 Å². The molecule has 1 aromatic rings. The fraction of sp³-hybridized carbons (Fsp3) is 0.611. The van der Waals surface area contributed by atoms with Crippen molar-refractivity contribution in [2.75, 3.05) is 37.6 Å². The monoisotopic (exact) mass is 318 g/mol. The Balaban J connectivity index is 1.73. The predicted octanol–water partition coefficient (Wildman–Crippen LogP) is 1.44. The van der Waals surface area contributed by atoms with Crippen LogP contribution >= 0.6 is 0 Å². The molecule has 1 amide bonds. The van der Waals surface area contributed by atoms with E-state index in [0.29, 0.717) is 12.6 Å². The number of hydrogen-bond donors (Lipinski definition) is 2. The molecular weight excluding hydrogens is 288 g/mol.